The average molecular weight is 246 g/mol. The largest absolute Gasteiger partial charge is 0.326 e. The molecule has 2 heteroatoms. The summed E-state index contributed by atoms with van der Waals surface area (Å²) in [4.78, 5) is 2.59. The normalized spacial score (nSPS) is 18.4. The molecule has 1 aromatic carbocycles. The number of rotatable bonds is 4. The van der Waals surface area contributed by atoms with E-state index in [2.05, 4.69) is 43.0 Å². The molecule has 0 spiro atoms. The molecule has 0 atom stereocenters. The monoisotopic (exact) mass is 246 g/mol. The topological polar surface area (TPSA) is 29.3 Å². The Morgan fingerprint density at radius 2 is 1.89 bits per heavy atom. The van der Waals surface area contributed by atoms with Crippen molar-refractivity contribution in [1.82, 2.24) is 4.90 Å². The van der Waals surface area contributed by atoms with E-state index in [9.17, 15) is 0 Å². The lowest BCUT2D eigenvalue weighted by molar-refractivity contribution is 0.149. The molecule has 0 aromatic heterocycles. The van der Waals surface area contributed by atoms with Gasteiger partial charge in [-0.25, -0.2) is 0 Å². The number of nitrogens with zero attached hydrogens (tertiary/aromatic N) is 1. The van der Waals surface area contributed by atoms with Crippen LogP contribution in [0.3, 0.4) is 0 Å². The van der Waals surface area contributed by atoms with Gasteiger partial charge in [-0.2, -0.15) is 0 Å². The third kappa shape index (κ3) is 3.56. The van der Waals surface area contributed by atoms with Crippen molar-refractivity contribution in [3.05, 3.63) is 35.4 Å². The minimum absolute atomic E-state index is 0.652. The van der Waals surface area contributed by atoms with Crippen LogP contribution in [0, 0.1) is 5.92 Å². The van der Waals surface area contributed by atoms with Gasteiger partial charge in [0.15, 0.2) is 0 Å². The van der Waals surface area contributed by atoms with E-state index in [1.54, 1.807) is 0 Å². The summed E-state index contributed by atoms with van der Waals surface area (Å²) < 4.78 is 0. The van der Waals surface area contributed by atoms with Gasteiger partial charge in [0.25, 0.3) is 0 Å². The molecule has 1 saturated heterocycles. The zero-order chi connectivity index (χ0) is 13.0. The summed E-state index contributed by atoms with van der Waals surface area (Å²) in [6.45, 7) is 7.77. The van der Waals surface area contributed by atoms with Gasteiger partial charge in [0.2, 0.25) is 0 Å². The van der Waals surface area contributed by atoms with E-state index >= 15 is 0 Å². The lowest BCUT2D eigenvalue weighted by atomic mass is 9.89. The highest BCUT2D eigenvalue weighted by Crippen LogP contribution is 2.23. The van der Waals surface area contributed by atoms with E-state index in [0.717, 1.165) is 5.92 Å². The van der Waals surface area contributed by atoms with Crippen molar-refractivity contribution in [2.75, 3.05) is 13.1 Å². The highest BCUT2D eigenvalue weighted by molar-refractivity contribution is 5.23. The highest BCUT2D eigenvalue weighted by Gasteiger charge is 2.20. The SMILES string of the molecule is CC(C)N1CCC(Cc2cccc(CN)c2)CC1. The Kier molecular flexibility index (Phi) is 4.79. The lowest BCUT2D eigenvalue weighted by Gasteiger charge is -2.34. The first kappa shape index (κ1) is 13.6. The van der Waals surface area contributed by atoms with Gasteiger partial charge in [-0.1, -0.05) is 24.3 Å². The molecule has 1 fully saturated rings. The second-order valence-corrected chi connectivity index (χ2v) is 5.80. The Balaban J connectivity index is 1.87. The van der Waals surface area contributed by atoms with E-state index in [-0.39, 0.29) is 0 Å². The fourth-order valence-corrected chi connectivity index (χ4v) is 2.89. The summed E-state index contributed by atoms with van der Waals surface area (Å²) in [5.41, 5.74) is 8.41. The molecule has 2 N–H and O–H groups in total. The van der Waals surface area contributed by atoms with Crippen LogP contribution in [0.5, 0.6) is 0 Å². The van der Waals surface area contributed by atoms with E-state index in [0.29, 0.717) is 12.6 Å². The predicted molar refractivity (Wildman–Crippen MR) is 77.5 cm³/mol. The average Bonchev–Trinajstić information content (AvgIpc) is 2.39. The molecule has 0 saturated carbocycles. The summed E-state index contributed by atoms with van der Waals surface area (Å²) in [5.74, 6) is 0.855. The second kappa shape index (κ2) is 6.35. The maximum Gasteiger partial charge on any atom is 0.0178 e. The van der Waals surface area contributed by atoms with E-state index in [1.807, 2.05) is 0 Å². The van der Waals surface area contributed by atoms with Crippen molar-refractivity contribution >= 4 is 0 Å². The molecule has 0 bridgehead atoms. The molecule has 100 valence electrons. The molecule has 1 aliphatic rings. The fourth-order valence-electron chi connectivity index (χ4n) is 2.89. The van der Waals surface area contributed by atoms with Gasteiger partial charge in [0.05, 0.1) is 0 Å². The van der Waals surface area contributed by atoms with E-state index < -0.39 is 0 Å². The first-order valence-electron chi connectivity index (χ1n) is 7.21. The third-order valence-corrected chi connectivity index (χ3v) is 4.13. The van der Waals surface area contributed by atoms with Gasteiger partial charge >= 0.3 is 0 Å². The third-order valence-electron chi connectivity index (χ3n) is 4.13. The molecule has 0 radical (unpaired) electrons. The molecule has 2 rings (SSSR count). The standard InChI is InChI=1S/C16H26N2/c1-13(2)18-8-6-14(7-9-18)10-15-4-3-5-16(11-15)12-17/h3-5,11,13-14H,6-10,12,17H2,1-2H3. The predicted octanol–water partition coefficient (Wildman–Crippen LogP) is 2.81. The molecule has 18 heavy (non-hydrogen) atoms. The smallest absolute Gasteiger partial charge is 0.0178 e. The molecule has 2 nitrogen and oxygen atoms in total. The summed E-state index contributed by atoms with van der Waals surface area (Å²) in [6.07, 6.45) is 3.90. The summed E-state index contributed by atoms with van der Waals surface area (Å²) in [6, 6.07) is 9.47. The van der Waals surface area contributed by atoms with Gasteiger partial charge in [-0.3, -0.25) is 0 Å². The van der Waals surface area contributed by atoms with Crippen molar-refractivity contribution in [2.24, 2.45) is 11.7 Å². The van der Waals surface area contributed by atoms with E-state index in [4.69, 9.17) is 5.73 Å². The molecular formula is C16H26N2. The molecule has 1 aliphatic heterocycles. The fraction of sp³-hybridized carbons (Fsp3) is 0.625. The lowest BCUT2D eigenvalue weighted by Crippen LogP contribution is -2.38. The van der Waals surface area contributed by atoms with E-state index in [1.165, 1.54) is 43.5 Å². The van der Waals surface area contributed by atoms with Gasteiger partial charge in [0.1, 0.15) is 0 Å². The summed E-state index contributed by atoms with van der Waals surface area (Å²) in [7, 11) is 0. The van der Waals surface area contributed by atoms with Crippen LogP contribution in [0.1, 0.15) is 37.8 Å². The van der Waals surface area contributed by atoms with Gasteiger partial charge < -0.3 is 10.6 Å². The molecule has 0 amide bonds. The van der Waals surface area contributed by atoms with Crippen LogP contribution >= 0.6 is 0 Å². The second-order valence-electron chi connectivity index (χ2n) is 5.80. The number of hydrogen-bond donors (Lipinski definition) is 1. The highest BCUT2D eigenvalue weighted by atomic mass is 15.1. The van der Waals surface area contributed by atoms with Crippen LogP contribution in [-0.2, 0) is 13.0 Å². The number of likely N-dealkylation sites (tertiary alicyclic amines) is 1. The number of piperidine rings is 1. The Labute approximate surface area is 111 Å². The van der Waals surface area contributed by atoms with Gasteiger partial charge in [-0.15, -0.1) is 0 Å². The Hall–Kier alpha value is -0.860. The first-order valence-corrected chi connectivity index (χ1v) is 7.21. The van der Waals surface area contributed by atoms with Crippen molar-refractivity contribution in [1.29, 1.82) is 0 Å². The maximum atomic E-state index is 5.70. The van der Waals surface area contributed by atoms with Crippen molar-refractivity contribution in [2.45, 2.75) is 45.7 Å². The number of hydrogen-bond acceptors (Lipinski definition) is 2. The Bertz CT molecular complexity index is 365. The van der Waals surface area contributed by atoms with Crippen LogP contribution in [0.4, 0.5) is 0 Å². The van der Waals surface area contributed by atoms with Gasteiger partial charge in [-0.05, 0) is 63.2 Å². The van der Waals surface area contributed by atoms with Crippen LogP contribution < -0.4 is 5.73 Å². The van der Waals surface area contributed by atoms with Crippen LogP contribution in [-0.4, -0.2) is 24.0 Å². The maximum absolute atomic E-state index is 5.70. The van der Waals surface area contributed by atoms with Crippen LogP contribution in [0.2, 0.25) is 0 Å². The summed E-state index contributed by atoms with van der Waals surface area (Å²) >= 11 is 0. The zero-order valence-corrected chi connectivity index (χ0v) is 11.7. The number of benzene rings is 1. The zero-order valence-electron chi connectivity index (χ0n) is 11.7. The molecule has 1 aromatic rings. The molecular weight excluding hydrogens is 220 g/mol. The van der Waals surface area contributed by atoms with Gasteiger partial charge in [0, 0.05) is 12.6 Å². The molecule has 1 heterocycles. The Morgan fingerprint density at radius 1 is 1.22 bits per heavy atom. The van der Waals surface area contributed by atoms with Crippen LogP contribution in [0.25, 0.3) is 0 Å². The first-order chi connectivity index (χ1) is 8.69. The van der Waals surface area contributed by atoms with Crippen molar-refractivity contribution in [3.63, 3.8) is 0 Å². The molecule has 0 aliphatic carbocycles. The number of nitrogens with two attached hydrogens (primary N) is 1. The minimum Gasteiger partial charge on any atom is -0.326 e. The summed E-state index contributed by atoms with van der Waals surface area (Å²) in [5, 5.41) is 0. The quantitative estimate of drug-likeness (QED) is 0.885. The van der Waals surface area contributed by atoms with Crippen molar-refractivity contribution < 1.29 is 0 Å². The molecule has 0 unspecified atom stereocenters. The Morgan fingerprint density at radius 3 is 2.50 bits per heavy atom. The van der Waals surface area contributed by atoms with Crippen LogP contribution in [0.15, 0.2) is 24.3 Å². The minimum atomic E-state index is 0.652. The van der Waals surface area contributed by atoms with Crippen molar-refractivity contribution in [3.8, 4) is 0 Å².